The zero-order valence-electron chi connectivity index (χ0n) is 100. The van der Waals surface area contributed by atoms with Crippen LogP contribution in [0.1, 0.15) is 419 Å². The summed E-state index contributed by atoms with van der Waals surface area (Å²) in [6.07, 6.45) is 30.0. The maximum absolute atomic E-state index is 5.45. The number of benzene rings is 2. The monoisotopic (exact) mass is 1950 g/mol. The van der Waals surface area contributed by atoms with Gasteiger partial charge in [0, 0.05) is 135 Å². The van der Waals surface area contributed by atoms with E-state index in [-0.39, 0.29) is 54.3 Å². The molecule has 0 spiro atoms. The number of rotatable bonds is 1. The second kappa shape index (κ2) is 56.2. The van der Waals surface area contributed by atoms with Crippen LogP contribution in [0.3, 0.4) is 0 Å². The lowest BCUT2D eigenvalue weighted by molar-refractivity contribution is 0.175. The number of aryl methyl sites for hydroxylation is 7. The third-order valence-electron chi connectivity index (χ3n) is 24.1. The Bertz CT molecular complexity index is 5300. The molecule has 0 N–H and O–H groups in total. The SMILES string of the molecule is CC(C)(C)C1=C(C2CC2)CN=C1.CC(C)(C)C1=CCC=N1.CC(C)(C)N1CCCC1.CC(C)(C)c1ccccc1.CC(C)(C)c1ccccc1.CC(C)(C)c1ccccn1.CC(C)(C)c1ccco1.CC(C)(C)n1cccc1.Cc1c(C(C)(C)C)cnn1C.Cc1ccc(C(C)(C)C)c(C)n1.Cc1ccc(C(C)(C)C)cn1.Cc1ccc(C(C)(C)C)o1.Cc1ccoc1C(C)(C)C.Cc1cncc(C(C)(C)C)c1. The minimum absolute atomic E-state index is 0.146. The van der Waals surface area contributed by atoms with E-state index < -0.39 is 0 Å². The number of aliphatic imine (C=N–C) groups is 2. The summed E-state index contributed by atoms with van der Waals surface area (Å²) in [4.78, 5) is 28.3. The van der Waals surface area contributed by atoms with Crippen LogP contribution in [0.5, 0.6) is 0 Å². The number of hydrogen-bond donors (Lipinski definition) is 0. The quantitative estimate of drug-likeness (QED) is 0.157. The molecule has 9 aromatic heterocycles. The standard InChI is InChI=1S/2C11H17N.2C10H15N.2C10H14.C9H16N2.C9H13N.2C9H14O.C8H17N.2C8H13N.C8H12O/c1-11(2,3)10-7-12-6-9(10)8-4-5-8;1-8-6-7-10(9(2)12-8)11(3,4)5;1-8-5-9(7-11-6-8)10(2,3)4;1-8-5-6-9(7-11-8)10(2,3)4;2*1-10(2,3)9-7-5-4-6-8-9;1-7-8(9(2,3)4)6-10-11(7)5;1-9(2,3)8-6-4-5-7-10-8;1-7-5-6-10-8(7)9(2,3)4;1-7-5-6-8(10-7)9(2,3)4;2*1-8(2,3)9-6-4-5-7-9;2*1-8(2,3)7-5-4-6-9-7/h7-8H,4-6H2,1-3H3;6-7H,1-5H3;2*5-7H,1-4H3;2*4-8H,1-3H3;6H,1-5H3;4-7H,1-3H3;2*5-6H,1-4H3;4-7H2,1-3H3;4-7H,1-3H3;5-6H,4H2,1-3H3;4-6H,1-3H3. The molecule has 4 aliphatic rings. The second-order valence-corrected chi connectivity index (χ2v) is 53.0. The maximum atomic E-state index is 5.45. The molecule has 11 aromatic rings. The topological polar surface area (TPSA) is 142 Å². The van der Waals surface area contributed by atoms with E-state index >= 15 is 0 Å². The van der Waals surface area contributed by atoms with Crippen LogP contribution in [0.15, 0.2) is 254 Å². The van der Waals surface area contributed by atoms with Crippen LogP contribution in [-0.4, -0.2) is 76.8 Å². The van der Waals surface area contributed by atoms with E-state index in [1.54, 1.807) is 18.1 Å². The summed E-state index contributed by atoms with van der Waals surface area (Å²) in [6.45, 7) is 110. The molecule has 2 fully saturated rings. The maximum Gasteiger partial charge on any atom is 0.111 e. The van der Waals surface area contributed by atoms with Crippen molar-refractivity contribution in [2.75, 3.05) is 19.6 Å². The van der Waals surface area contributed by atoms with Gasteiger partial charge in [-0.15, -0.1) is 0 Å². The summed E-state index contributed by atoms with van der Waals surface area (Å²) in [5.74, 6) is 5.08. The van der Waals surface area contributed by atoms with E-state index in [9.17, 15) is 0 Å². The van der Waals surface area contributed by atoms with Crippen LogP contribution >= 0.6 is 0 Å². The van der Waals surface area contributed by atoms with Gasteiger partial charge in [-0.25, -0.2) is 0 Å². The largest absolute Gasteiger partial charge is 0.469 e. The average Bonchev–Trinajstić information content (AvgIpc) is 1.65. The van der Waals surface area contributed by atoms with E-state index in [2.05, 4.69) is 485 Å². The summed E-state index contributed by atoms with van der Waals surface area (Å²) in [6, 6.07) is 51.8. The Hall–Kier alpha value is -9.85. The van der Waals surface area contributed by atoms with Crippen molar-refractivity contribution < 1.29 is 13.3 Å². The Balaban J connectivity index is 0.000000521. The Morgan fingerprint density at radius 3 is 1.17 bits per heavy atom. The molecule has 1 saturated heterocycles. The van der Waals surface area contributed by atoms with Gasteiger partial charge in [-0.05, 0) is 295 Å². The van der Waals surface area contributed by atoms with Crippen molar-refractivity contribution >= 4 is 12.4 Å². The third kappa shape index (κ3) is 51.7. The van der Waals surface area contributed by atoms with E-state index in [0.717, 1.165) is 64.7 Å². The molecule has 143 heavy (non-hydrogen) atoms. The van der Waals surface area contributed by atoms with Crippen molar-refractivity contribution in [3.63, 3.8) is 0 Å². The number of likely N-dealkylation sites (tertiary alicyclic amines) is 1. The Kier molecular flexibility index (Phi) is 50.8. The average molecular weight is 1960 g/mol. The molecule has 3 aliphatic heterocycles. The van der Waals surface area contributed by atoms with Gasteiger partial charge in [0.2, 0.25) is 0 Å². The van der Waals surface area contributed by atoms with Crippen molar-refractivity contribution in [2.45, 2.75) is 437 Å². The molecule has 12 heterocycles. The van der Waals surface area contributed by atoms with Crippen molar-refractivity contribution in [3.05, 3.63) is 327 Å². The van der Waals surface area contributed by atoms with Gasteiger partial charge >= 0.3 is 0 Å². The van der Waals surface area contributed by atoms with Crippen LogP contribution in [-0.2, 0) is 66.7 Å². The van der Waals surface area contributed by atoms with Crippen LogP contribution in [0, 0.1) is 65.2 Å². The number of hydrogen-bond acceptors (Lipinski definition) is 11. The molecule has 1 aliphatic carbocycles. The van der Waals surface area contributed by atoms with Crippen molar-refractivity contribution in [1.82, 2.24) is 39.2 Å². The van der Waals surface area contributed by atoms with Crippen LogP contribution in [0.25, 0.3) is 0 Å². The Morgan fingerprint density at radius 1 is 0.385 bits per heavy atom. The number of allylic oxidation sites excluding steroid dienone is 3. The highest BCUT2D eigenvalue weighted by molar-refractivity contribution is 5.84. The smallest absolute Gasteiger partial charge is 0.111 e. The van der Waals surface area contributed by atoms with E-state index in [1.165, 1.54) is 100 Å². The van der Waals surface area contributed by atoms with Gasteiger partial charge in [-0.1, -0.05) is 340 Å². The molecule has 0 atom stereocenters. The number of nitrogens with zero attached hydrogens (tertiary/aromatic N) is 10. The van der Waals surface area contributed by atoms with E-state index in [0.29, 0.717) is 21.8 Å². The molecule has 0 unspecified atom stereocenters. The zero-order chi connectivity index (χ0) is 110. The normalized spacial score (nSPS) is 13.9. The predicted molar refractivity (Wildman–Crippen MR) is 623 cm³/mol. The summed E-state index contributed by atoms with van der Waals surface area (Å²) in [5, 5.41) is 4.20. The number of furan rings is 3. The molecule has 13 heteroatoms. The lowest BCUT2D eigenvalue weighted by Crippen LogP contribution is -2.38. The summed E-state index contributed by atoms with van der Waals surface area (Å²) >= 11 is 0. The first-order chi connectivity index (χ1) is 65.2. The molecule has 792 valence electrons. The van der Waals surface area contributed by atoms with Gasteiger partial charge < -0.3 is 17.8 Å². The molecule has 0 bridgehead atoms. The summed E-state index contributed by atoms with van der Waals surface area (Å²) in [7, 11) is 1.98. The predicted octanol–water partition coefficient (Wildman–Crippen LogP) is 36.4. The van der Waals surface area contributed by atoms with Gasteiger partial charge in [0.15, 0.2) is 0 Å². The van der Waals surface area contributed by atoms with E-state index in [4.69, 9.17) is 13.3 Å². The molecule has 13 nitrogen and oxygen atoms in total. The molecule has 0 amide bonds. The lowest BCUT2D eigenvalue weighted by Gasteiger charge is -2.31. The second-order valence-electron chi connectivity index (χ2n) is 53.0. The molecule has 1 saturated carbocycles. The highest BCUT2D eigenvalue weighted by Gasteiger charge is 2.34. The first-order valence-corrected chi connectivity index (χ1v) is 52.5. The van der Waals surface area contributed by atoms with Crippen molar-refractivity contribution in [3.8, 4) is 0 Å². The van der Waals surface area contributed by atoms with Crippen LogP contribution < -0.4 is 0 Å². The summed E-state index contributed by atoms with van der Waals surface area (Å²) < 4.78 is 20.1. The molecular formula is C130H204N10O3. The van der Waals surface area contributed by atoms with Crippen LogP contribution in [0.2, 0.25) is 0 Å². The van der Waals surface area contributed by atoms with Gasteiger partial charge in [0.25, 0.3) is 0 Å². The molecule has 2 aromatic carbocycles. The van der Waals surface area contributed by atoms with Crippen LogP contribution in [0.4, 0.5) is 0 Å². The fraction of sp³-hybridized carbons (Fsp3) is 0.562. The Morgan fingerprint density at radius 2 is 0.895 bits per heavy atom. The lowest BCUT2D eigenvalue weighted by atomic mass is 9.84. The highest BCUT2D eigenvalue weighted by Crippen LogP contribution is 2.44. The summed E-state index contributed by atoms with van der Waals surface area (Å²) in [5.41, 5.74) is 23.9. The van der Waals surface area contributed by atoms with E-state index in [1.807, 2.05) is 124 Å². The fourth-order valence-electron chi connectivity index (χ4n) is 14.9. The molecule has 15 rings (SSSR count). The molecule has 0 radical (unpaired) electrons. The minimum atomic E-state index is 0.146. The minimum Gasteiger partial charge on any atom is -0.469 e. The van der Waals surface area contributed by atoms with Crippen molar-refractivity contribution in [1.29, 1.82) is 0 Å². The number of aromatic nitrogens is 7. The van der Waals surface area contributed by atoms with Gasteiger partial charge in [-0.2, -0.15) is 5.10 Å². The highest BCUT2D eigenvalue weighted by atomic mass is 16.3. The van der Waals surface area contributed by atoms with Crippen molar-refractivity contribution in [2.24, 2.45) is 33.8 Å². The van der Waals surface area contributed by atoms with Gasteiger partial charge in [-0.3, -0.25) is 39.5 Å². The Labute approximate surface area is 875 Å². The van der Waals surface area contributed by atoms with Gasteiger partial charge in [0.1, 0.15) is 23.0 Å². The first-order valence-electron chi connectivity index (χ1n) is 52.5. The fourth-order valence-corrected chi connectivity index (χ4v) is 14.9. The zero-order valence-corrected chi connectivity index (χ0v) is 100. The van der Waals surface area contributed by atoms with Gasteiger partial charge in [0.05, 0.1) is 25.3 Å². The number of pyridine rings is 4. The first kappa shape index (κ1) is 129. The molecular weight excluding hydrogens is 1750 g/mol. The third-order valence-corrected chi connectivity index (χ3v) is 24.1.